The quantitative estimate of drug-likeness (QED) is 0.772. The van der Waals surface area contributed by atoms with Gasteiger partial charge in [0.2, 0.25) is 0 Å². The summed E-state index contributed by atoms with van der Waals surface area (Å²) in [4.78, 5) is 12.8. The lowest BCUT2D eigenvalue weighted by atomic mass is 10.2. The van der Waals surface area contributed by atoms with Gasteiger partial charge in [-0.3, -0.25) is 4.79 Å². The normalized spacial score (nSPS) is 10.6. The number of phenolic OH excluding ortho intramolecular Hbond substituents is 1. The fourth-order valence-corrected chi connectivity index (χ4v) is 2.96. The molecule has 100 valence electrons. The average molecular weight is 283 g/mol. The molecule has 0 saturated carbocycles. The molecule has 0 saturated heterocycles. The highest BCUT2D eigenvalue weighted by Crippen LogP contribution is 2.25. The maximum atomic E-state index is 12.1. The maximum absolute atomic E-state index is 12.1. The van der Waals surface area contributed by atoms with E-state index >= 15 is 0 Å². The third kappa shape index (κ3) is 2.65. The molecule has 0 bridgehead atoms. The first-order chi connectivity index (χ1) is 9.72. The van der Waals surface area contributed by atoms with Gasteiger partial charge in [0.15, 0.2) is 0 Å². The number of benzene rings is 2. The number of carbonyl (C=O) groups is 1. The minimum absolute atomic E-state index is 0.0701. The lowest BCUT2D eigenvalue weighted by Gasteiger charge is -2.03. The van der Waals surface area contributed by atoms with Crippen LogP contribution in [0.3, 0.4) is 0 Å². The molecule has 0 fully saturated rings. The molecule has 0 aliphatic heterocycles. The molecule has 2 aromatic carbocycles. The van der Waals surface area contributed by atoms with Crippen LogP contribution in [0, 0.1) is 0 Å². The number of phenols is 1. The zero-order chi connectivity index (χ0) is 13.9. The molecule has 0 unspecified atom stereocenters. The lowest BCUT2D eigenvalue weighted by Crippen LogP contribution is -2.21. The largest absolute Gasteiger partial charge is 0.508 e. The number of hydrogen-bond donors (Lipinski definition) is 2. The van der Waals surface area contributed by atoms with Gasteiger partial charge in [0.25, 0.3) is 5.91 Å². The van der Waals surface area contributed by atoms with Crippen LogP contribution in [0.15, 0.2) is 54.6 Å². The van der Waals surface area contributed by atoms with Gasteiger partial charge in [-0.05, 0) is 35.2 Å². The first-order valence-electron chi connectivity index (χ1n) is 6.27. The van der Waals surface area contributed by atoms with Crippen LogP contribution in [0.5, 0.6) is 5.75 Å². The second-order valence-electron chi connectivity index (χ2n) is 4.50. The smallest absolute Gasteiger partial charge is 0.261 e. The molecule has 0 atom stereocenters. The van der Waals surface area contributed by atoms with E-state index in [1.807, 2.05) is 30.3 Å². The van der Waals surface area contributed by atoms with Gasteiger partial charge in [-0.2, -0.15) is 0 Å². The minimum Gasteiger partial charge on any atom is -0.508 e. The first kappa shape index (κ1) is 12.7. The molecule has 3 rings (SSSR count). The Morgan fingerprint density at radius 2 is 1.85 bits per heavy atom. The van der Waals surface area contributed by atoms with E-state index in [0.29, 0.717) is 11.4 Å². The molecule has 0 aliphatic rings. The predicted octanol–water partition coefficient (Wildman–Crippen LogP) is 3.54. The third-order valence-corrected chi connectivity index (χ3v) is 4.15. The van der Waals surface area contributed by atoms with Gasteiger partial charge < -0.3 is 10.4 Å². The lowest BCUT2D eigenvalue weighted by molar-refractivity contribution is 0.0955. The van der Waals surface area contributed by atoms with Crippen LogP contribution >= 0.6 is 11.3 Å². The number of fused-ring (bicyclic) bond motifs is 1. The highest BCUT2D eigenvalue weighted by molar-refractivity contribution is 7.20. The van der Waals surface area contributed by atoms with Crippen molar-refractivity contribution in [3.63, 3.8) is 0 Å². The van der Waals surface area contributed by atoms with E-state index in [1.165, 1.54) is 11.3 Å². The Hall–Kier alpha value is -2.33. The van der Waals surface area contributed by atoms with Gasteiger partial charge in [-0.1, -0.05) is 30.3 Å². The zero-order valence-electron chi connectivity index (χ0n) is 10.7. The summed E-state index contributed by atoms with van der Waals surface area (Å²) in [6.07, 6.45) is 0. The third-order valence-electron chi connectivity index (χ3n) is 3.04. The Kier molecular flexibility index (Phi) is 3.39. The molecule has 2 N–H and O–H groups in total. The second-order valence-corrected chi connectivity index (χ2v) is 5.58. The molecule has 3 nitrogen and oxygen atoms in total. The van der Waals surface area contributed by atoms with E-state index < -0.39 is 0 Å². The summed E-state index contributed by atoms with van der Waals surface area (Å²) in [6, 6.07) is 16.7. The number of thiophene rings is 1. The Morgan fingerprint density at radius 1 is 1.10 bits per heavy atom. The Morgan fingerprint density at radius 3 is 2.60 bits per heavy atom. The predicted molar refractivity (Wildman–Crippen MR) is 81.1 cm³/mol. The average Bonchev–Trinajstić information content (AvgIpc) is 2.90. The summed E-state index contributed by atoms with van der Waals surface area (Å²) in [5.41, 5.74) is 0.956. The van der Waals surface area contributed by atoms with Crippen molar-refractivity contribution in [2.45, 2.75) is 6.54 Å². The van der Waals surface area contributed by atoms with Gasteiger partial charge in [0.05, 0.1) is 4.88 Å². The molecule has 0 radical (unpaired) electrons. The van der Waals surface area contributed by atoms with Crippen molar-refractivity contribution in [1.29, 1.82) is 0 Å². The summed E-state index contributed by atoms with van der Waals surface area (Å²) in [6.45, 7) is 0.452. The van der Waals surface area contributed by atoms with E-state index in [9.17, 15) is 9.90 Å². The maximum Gasteiger partial charge on any atom is 0.261 e. The summed E-state index contributed by atoms with van der Waals surface area (Å²) >= 11 is 1.49. The van der Waals surface area contributed by atoms with Crippen molar-refractivity contribution in [3.05, 3.63) is 65.0 Å². The van der Waals surface area contributed by atoms with Crippen molar-refractivity contribution < 1.29 is 9.90 Å². The van der Waals surface area contributed by atoms with Crippen molar-refractivity contribution >= 4 is 27.3 Å². The first-order valence-corrected chi connectivity index (χ1v) is 7.09. The number of nitrogens with one attached hydrogen (secondary N) is 1. The molecular formula is C16H13NO2S. The van der Waals surface area contributed by atoms with Crippen molar-refractivity contribution in [1.82, 2.24) is 5.32 Å². The van der Waals surface area contributed by atoms with E-state index in [4.69, 9.17) is 0 Å². The van der Waals surface area contributed by atoms with Crippen molar-refractivity contribution in [3.8, 4) is 5.75 Å². The minimum atomic E-state index is -0.0701. The molecule has 1 amide bonds. The Bertz CT molecular complexity index is 714. The molecule has 3 aromatic rings. The van der Waals surface area contributed by atoms with Crippen LogP contribution in [0.2, 0.25) is 0 Å². The fraction of sp³-hybridized carbons (Fsp3) is 0.0625. The van der Waals surface area contributed by atoms with Gasteiger partial charge >= 0.3 is 0 Å². The summed E-state index contributed by atoms with van der Waals surface area (Å²) in [5.74, 6) is 0.156. The van der Waals surface area contributed by atoms with E-state index in [-0.39, 0.29) is 11.7 Å². The number of rotatable bonds is 3. The highest BCUT2D eigenvalue weighted by Gasteiger charge is 2.09. The molecule has 0 spiro atoms. The Labute approximate surface area is 120 Å². The van der Waals surface area contributed by atoms with Crippen LogP contribution < -0.4 is 5.32 Å². The van der Waals surface area contributed by atoms with Crippen molar-refractivity contribution in [2.75, 3.05) is 0 Å². The monoisotopic (exact) mass is 283 g/mol. The zero-order valence-corrected chi connectivity index (χ0v) is 11.5. The number of amides is 1. The van der Waals surface area contributed by atoms with Crippen LogP contribution in [0.1, 0.15) is 15.2 Å². The van der Waals surface area contributed by atoms with Crippen molar-refractivity contribution in [2.24, 2.45) is 0 Å². The van der Waals surface area contributed by atoms with E-state index in [1.54, 1.807) is 24.3 Å². The molecule has 0 aliphatic carbocycles. The van der Waals surface area contributed by atoms with E-state index in [2.05, 4.69) is 5.32 Å². The van der Waals surface area contributed by atoms with Crippen LogP contribution in [-0.2, 0) is 6.54 Å². The highest BCUT2D eigenvalue weighted by atomic mass is 32.1. The molecular weight excluding hydrogens is 270 g/mol. The molecule has 1 aromatic heterocycles. The SMILES string of the molecule is O=C(NCc1ccc(O)cc1)c1cc2ccccc2s1. The number of aromatic hydroxyl groups is 1. The van der Waals surface area contributed by atoms with Gasteiger partial charge in [0.1, 0.15) is 5.75 Å². The van der Waals surface area contributed by atoms with Crippen LogP contribution in [-0.4, -0.2) is 11.0 Å². The number of carbonyl (C=O) groups excluding carboxylic acids is 1. The summed E-state index contributed by atoms with van der Waals surface area (Å²) in [7, 11) is 0. The Balaban J connectivity index is 1.71. The summed E-state index contributed by atoms with van der Waals surface area (Å²) < 4.78 is 1.11. The van der Waals surface area contributed by atoms with Crippen LogP contribution in [0.25, 0.3) is 10.1 Å². The van der Waals surface area contributed by atoms with Gasteiger partial charge in [-0.15, -0.1) is 11.3 Å². The standard InChI is InChI=1S/C16H13NO2S/c18-13-7-5-11(6-8-13)10-17-16(19)15-9-12-3-1-2-4-14(12)20-15/h1-9,18H,10H2,(H,17,19). The van der Waals surface area contributed by atoms with Crippen LogP contribution in [0.4, 0.5) is 0 Å². The fourth-order valence-electron chi connectivity index (χ4n) is 1.98. The number of hydrogen-bond acceptors (Lipinski definition) is 3. The molecule has 1 heterocycles. The van der Waals surface area contributed by atoms with Gasteiger partial charge in [-0.25, -0.2) is 0 Å². The summed E-state index contributed by atoms with van der Waals surface area (Å²) in [5, 5.41) is 13.2. The van der Waals surface area contributed by atoms with Gasteiger partial charge in [0, 0.05) is 11.2 Å². The topological polar surface area (TPSA) is 49.3 Å². The molecule has 4 heteroatoms. The molecule has 20 heavy (non-hydrogen) atoms. The second kappa shape index (κ2) is 5.35. The van der Waals surface area contributed by atoms with E-state index in [0.717, 1.165) is 15.6 Å².